The Kier molecular flexibility index (Phi) is 8.55. The fourth-order valence-corrected chi connectivity index (χ4v) is 4.42. The fourth-order valence-electron chi connectivity index (χ4n) is 4.42. The molecule has 0 unspecified atom stereocenters. The molecule has 0 heterocycles. The summed E-state index contributed by atoms with van der Waals surface area (Å²) in [5, 5.41) is 22.2. The minimum atomic E-state index is -0.165. The van der Waals surface area contributed by atoms with E-state index >= 15 is 0 Å². The molecule has 2 aromatic rings. The number of nitrogens with zero attached hydrogens (tertiary/aromatic N) is 2. The number of benzene rings is 2. The number of phenolic OH excluding ortho intramolecular Hbond substituents is 2. The lowest BCUT2D eigenvalue weighted by molar-refractivity contribution is 0.441. The lowest BCUT2D eigenvalue weighted by Crippen LogP contribution is -2.18. The first kappa shape index (κ1) is 29.6. The SMILES string of the molecule is CC(C)(C)c1ccc(C(C)(C)C)c(C=NCCN=Cc2c(C(C)(C)C)ccc(C(C)(C)C)c2O)c1O. The third kappa shape index (κ3) is 6.99. The average molecular weight is 493 g/mol. The molecule has 36 heavy (non-hydrogen) atoms. The molecule has 4 heteroatoms. The van der Waals surface area contributed by atoms with Crippen LogP contribution in [-0.2, 0) is 21.7 Å². The molecule has 0 aliphatic heterocycles. The molecule has 4 nitrogen and oxygen atoms in total. The number of phenols is 2. The van der Waals surface area contributed by atoms with Gasteiger partial charge in [0.2, 0.25) is 0 Å². The summed E-state index contributed by atoms with van der Waals surface area (Å²) < 4.78 is 0. The van der Waals surface area contributed by atoms with Gasteiger partial charge in [0.1, 0.15) is 11.5 Å². The largest absolute Gasteiger partial charge is 0.507 e. The van der Waals surface area contributed by atoms with Crippen molar-refractivity contribution in [1.82, 2.24) is 0 Å². The number of aromatic hydroxyl groups is 2. The Bertz CT molecular complexity index is 1040. The Balaban J connectivity index is 2.33. The number of hydrogen-bond acceptors (Lipinski definition) is 4. The molecule has 2 aromatic carbocycles. The highest BCUT2D eigenvalue weighted by Gasteiger charge is 2.27. The van der Waals surface area contributed by atoms with Crippen LogP contribution in [0.2, 0.25) is 0 Å². The normalized spacial score (nSPS) is 13.8. The summed E-state index contributed by atoms with van der Waals surface area (Å²) in [6, 6.07) is 8.28. The van der Waals surface area contributed by atoms with E-state index in [4.69, 9.17) is 0 Å². The van der Waals surface area contributed by atoms with E-state index in [2.05, 4.69) is 105 Å². The van der Waals surface area contributed by atoms with Crippen LogP contribution in [0.1, 0.15) is 116 Å². The topological polar surface area (TPSA) is 65.2 Å². The van der Waals surface area contributed by atoms with E-state index in [9.17, 15) is 10.2 Å². The van der Waals surface area contributed by atoms with Crippen molar-refractivity contribution in [2.75, 3.05) is 13.1 Å². The Morgan fingerprint density at radius 3 is 1.00 bits per heavy atom. The molecule has 0 amide bonds. The second-order valence-corrected chi connectivity index (χ2v) is 13.9. The highest BCUT2D eigenvalue weighted by molar-refractivity contribution is 5.88. The van der Waals surface area contributed by atoms with Crippen LogP contribution < -0.4 is 0 Å². The number of hydrogen-bond donors (Lipinski definition) is 2. The quantitative estimate of drug-likeness (QED) is 0.330. The van der Waals surface area contributed by atoms with E-state index in [0.29, 0.717) is 24.6 Å². The molecule has 0 spiro atoms. The monoisotopic (exact) mass is 492 g/mol. The summed E-state index contributed by atoms with van der Waals surface area (Å²) >= 11 is 0. The van der Waals surface area contributed by atoms with Crippen molar-refractivity contribution in [1.29, 1.82) is 0 Å². The highest BCUT2D eigenvalue weighted by atomic mass is 16.3. The van der Waals surface area contributed by atoms with Gasteiger partial charge in [-0.2, -0.15) is 0 Å². The van der Waals surface area contributed by atoms with Gasteiger partial charge in [-0.15, -0.1) is 0 Å². The molecule has 0 saturated heterocycles. The van der Waals surface area contributed by atoms with Crippen LogP contribution in [-0.4, -0.2) is 35.7 Å². The standard InChI is InChI=1S/C32H48N2O2/c1-29(2,3)23-13-15-25(31(7,8)9)27(35)21(23)19-33-17-18-34-20-22-24(30(4,5)6)14-16-26(28(22)36)32(10,11)12/h13-16,19-20,35-36H,17-18H2,1-12H3. The fraction of sp³-hybridized carbons (Fsp3) is 0.562. The molecule has 0 radical (unpaired) electrons. The minimum Gasteiger partial charge on any atom is -0.507 e. The van der Waals surface area contributed by atoms with Crippen molar-refractivity contribution in [2.45, 2.75) is 105 Å². The van der Waals surface area contributed by atoms with E-state index in [1.807, 2.05) is 12.1 Å². The lowest BCUT2D eigenvalue weighted by Gasteiger charge is -2.27. The first-order valence-electron chi connectivity index (χ1n) is 13.0. The molecule has 2 N–H and O–H groups in total. The summed E-state index contributed by atoms with van der Waals surface area (Å²) in [5.74, 6) is 0.613. The third-order valence-corrected chi connectivity index (χ3v) is 6.47. The summed E-state index contributed by atoms with van der Waals surface area (Å²) in [4.78, 5) is 9.24. The second kappa shape index (κ2) is 10.4. The van der Waals surface area contributed by atoms with Crippen LogP contribution in [0.3, 0.4) is 0 Å². The zero-order chi connectivity index (χ0) is 27.7. The van der Waals surface area contributed by atoms with E-state index in [0.717, 1.165) is 33.4 Å². The molecule has 0 atom stereocenters. The number of rotatable bonds is 5. The van der Waals surface area contributed by atoms with E-state index in [1.165, 1.54) is 0 Å². The van der Waals surface area contributed by atoms with Crippen molar-refractivity contribution in [3.05, 3.63) is 57.6 Å². The van der Waals surface area contributed by atoms with Crippen molar-refractivity contribution >= 4 is 12.4 Å². The van der Waals surface area contributed by atoms with Crippen molar-refractivity contribution < 1.29 is 10.2 Å². The molecule has 0 aromatic heterocycles. The van der Waals surface area contributed by atoms with Crippen LogP contribution in [0.4, 0.5) is 0 Å². The van der Waals surface area contributed by atoms with Crippen molar-refractivity contribution in [2.24, 2.45) is 9.98 Å². The van der Waals surface area contributed by atoms with Gasteiger partial charge in [-0.25, -0.2) is 0 Å². The molecule has 0 aliphatic carbocycles. The Morgan fingerprint density at radius 2 is 0.750 bits per heavy atom. The summed E-state index contributed by atoms with van der Waals surface area (Å²) in [7, 11) is 0. The molecule has 2 rings (SSSR count). The maximum atomic E-state index is 11.1. The minimum absolute atomic E-state index is 0.119. The molecule has 198 valence electrons. The van der Waals surface area contributed by atoms with Crippen molar-refractivity contribution in [3.8, 4) is 11.5 Å². The van der Waals surface area contributed by atoms with Crippen molar-refractivity contribution in [3.63, 3.8) is 0 Å². The molecule has 0 aliphatic rings. The van der Waals surface area contributed by atoms with Crippen LogP contribution in [0.15, 0.2) is 34.3 Å². The molecule has 0 saturated carbocycles. The van der Waals surface area contributed by atoms with E-state index in [1.54, 1.807) is 12.4 Å². The van der Waals surface area contributed by atoms with Gasteiger partial charge in [-0.05, 0) is 43.9 Å². The number of aliphatic imine (C=N–C) groups is 2. The molecular formula is C32H48N2O2. The zero-order valence-corrected chi connectivity index (χ0v) is 24.7. The predicted molar refractivity (Wildman–Crippen MR) is 156 cm³/mol. The van der Waals surface area contributed by atoms with Crippen LogP contribution in [0.5, 0.6) is 11.5 Å². The molecule has 0 fully saturated rings. The second-order valence-electron chi connectivity index (χ2n) is 13.9. The van der Waals surface area contributed by atoms with Crippen LogP contribution >= 0.6 is 0 Å². The summed E-state index contributed by atoms with van der Waals surface area (Å²) in [5.41, 5.74) is 4.96. The van der Waals surface area contributed by atoms with Gasteiger partial charge < -0.3 is 10.2 Å². The van der Waals surface area contributed by atoms with E-state index in [-0.39, 0.29) is 21.7 Å². The summed E-state index contributed by atoms with van der Waals surface area (Å²) in [6.07, 6.45) is 3.58. The van der Waals surface area contributed by atoms with Gasteiger partial charge in [-0.1, -0.05) is 107 Å². The smallest absolute Gasteiger partial charge is 0.128 e. The van der Waals surface area contributed by atoms with Gasteiger partial charge in [0, 0.05) is 23.6 Å². The lowest BCUT2D eigenvalue weighted by atomic mass is 9.79. The predicted octanol–water partition coefficient (Wildman–Crippen LogP) is 7.83. The van der Waals surface area contributed by atoms with Gasteiger partial charge in [0.25, 0.3) is 0 Å². The van der Waals surface area contributed by atoms with Gasteiger partial charge in [0.05, 0.1) is 13.1 Å². The van der Waals surface area contributed by atoms with Gasteiger partial charge in [-0.3, -0.25) is 9.98 Å². The first-order chi connectivity index (χ1) is 16.3. The van der Waals surface area contributed by atoms with Gasteiger partial charge >= 0.3 is 0 Å². The Morgan fingerprint density at radius 1 is 0.500 bits per heavy atom. The first-order valence-corrected chi connectivity index (χ1v) is 13.0. The Hall–Kier alpha value is -2.62. The molecule has 0 bridgehead atoms. The Labute approximate surface area is 219 Å². The van der Waals surface area contributed by atoms with E-state index < -0.39 is 0 Å². The zero-order valence-electron chi connectivity index (χ0n) is 24.7. The van der Waals surface area contributed by atoms with Gasteiger partial charge in [0.15, 0.2) is 0 Å². The summed E-state index contributed by atoms with van der Waals surface area (Å²) in [6.45, 7) is 26.5. The maximum Gasteiger partial charge on any atom is 0.128 e. The van der Waals surface area contributed by atoms with Crippen LogP contribution in [0.25, 0.3) is 0 Å². The third-order valence-electron chi connectivity index (χ3n) is 6.47. The average Bonchev–Trinajstić information content (AvgIpc) is 2.68. The molecular weight excluding hydrogens is 444 g/mol. The maximum absolute atomic E-state index is 11.1. The van der Waals surface area contributed by atoms with Crippen LogP contribution in [0, 0.1) is 0 Å². The highest BCUT2D eigenvalue weighted by Crippen LogP contribution is 2.39.